The molecule has 0 radical (unpaired) electrons. The molecule has 3 rings (SSSR count). The molecule has 1 aromatic carbocycles. The lowest BCUT2D eigenvalue weighted by molar-refractivity contribution is 0.134. The molecule has 0 saturated carbocycles. The second kappa shape index (κ2) is 5.52. The average Bonchev–Trinajstić information content (AvgIpc) is 2.56. The van der Waals surface area contributed by atoms with E-state index in [1.54, 1.807) is 11.8 Å². The van der Waals surface area contributed by atoms with Crippen LogP contribution < -0.4 is 10.1 Å². The van der Waals surface area contributed by atoms with Crippen LogP contribution in [0.4, 0.5) is 5.69 Å². The fraction of sp³-hybridized carbons (Fsp3) is 0.400. The molecule has 2 aromatic rings. The fourth-order valence-corrected chi connectivity index (χ4v) is 2.82. The minimum absolute atomic E-state index is 0.533. The Hall–Kier alpha value is -1.82. The second-order valence-corrected chi connectivity index (χ2v) is 6.44. The summed E-state index contributed by atoms with van der Waals surface area (Å²) in [7, 11) is 0. The van der Waals surface area contributed by atoms with Crippen LogP contribution in [0.25, 0.3) is 11.3 Å². The Balaban J connectivity index is 2.08. The van der Waals surface area contributed by atoms with E-state index in [1.165, 1.54) is 0 Å². The van der Waals surface area contributed by atoms with E-state index in [0.29, 0.717) is 16.7 Å². The molecule has 2 heterocycles. The standard InChI is InChI=1S/C15H18N4OS/c1-4-9-21-14-16-13-12(18-19-14)10-7-5-6-8-11(10)17-15(2,3)20-13/h5-8,17H,4,9H2,1-3H3. The van der Waals surface area contributed by atoms with Gasteiger partial charge in [-0.15, -0.1) is 10.2 Å². The lowest BCUT2D eigenvalue weighted by atomic mass is 10.1. The highest BCUT2D eigenvalue weighted by Crippen LogP contribution is 2.38. The number of para-hydroxylation sites is 1. The largest absolute Gasteiger partial charge is 0.450 e. The van der Waals surface area contributed by atoms with E-state index < -0.39 is 5.72 Å². The van der Waals surface area contributed by atoms with Crippen molar-refractivity contribution in [2.24, 2.45) is 0 Å². The Bertz CT molecular complexity index is 660. The van der Waals surface area contributed by atoms with E-state index in [4.69, 9.17) is 4.74 Å². The summed E-state index contributed by atoms with van der Waals surface area (Å²) >= 11 is 1.60. The second-order valence-electron chi connectivity index (χ2n) is 5.38. The summed E-state index contributed by atoms with van der Waals surface area (Å²) in [6.07, 6.45) is 1.07. The Kier molecular flexibility index (Phi) is 3.71. The molecule has 0 unspecified atom stereocenters. The van der Waals surface area contributed by atoms with Gasteiger partial charge in [-0.3, -0.25) is 0 Å². The normalized spacial score (nSPS) is 15.2. The quantitative estimate of drug-likeness (QED) is 0.874. The van der Waals surface area contributed by atoms with Crippen LogP contribution in [-0.4, -0.2) is 26.7 Å². The molecule has 1 aliphatic rings. The van der Waals surface area contributed by atoms with Gasteiger partial charge in [0.1, 0.15) is 0 Å². The van der Waals surface area contributed by atoms with E-state index in [-0.39, 0.29) is 0 Å². The van der Waals surface area contributed by atoms with Crippen molar-refractivity contribution in [2.45, 2.75) is 38.1 Å². The third-order valence-electron chi connectivity index (χ3n) is 3.04. The summed E-state index contributed by atoms with van der Waals surface area (Å²) in [5.74, 6) is 1.50. The van der Waals surface area contributed by atoms with Crippen LogP contribution in [0, 0.1) is 0 Å². The Labute approximate surface area is 128 Å². The maximum Gasteiger partial charge on any atom is 0.247 e. The topological polar surface area (TPSA) is 59.9 Å². The molecule has 0 amide bonds. The average molecular weight is 302 g/mol. The van der Waals surface area contributed by atoms with Gasteiger partial charge in [0.25, 0.3) is 0 Å². The number of ether oxygens (including phenoxy) is 1. The van der Waals surface area contributed by atoms with Crippen molar-refractivity contribution >= 4 is 17.4 Å². The number of nitrogens with one attached hydrogen (secondary N) is 1. The van der Waals surface area contributed by atoms with Crippen LogP contribution in [-0.2, 0) is 0 Å². The van der Waals surface area contributed by atoms with Crippen molar-refractivity contribution in [3.8, 4) is 17.1 Å². The van der Waals surface area contributed by atoms with Gasteiger partial charge in [-0.2, -0.15) is 4.98 Å². The SMILES string of the molecule is CCCSc1nnc2c(n1)OC(C)(C)Nc1ccccc1-2. The van der Waals surface area contributed by atoms with Crippen LogP contribution >= 0.6 is 11.8 Å². The van der Waals surface area contributed by atoms with Gasteiger partial charge in [-0.05, 0) is 26.3 Å². The zero-order chi connectivity index (χ0) is 14.9. The van der Waals surface area contributed by atoms with Gasteiger partial charge in [0.2, 0.25) is 11.0 Å². The number of fused-ring (bicyclic) bond motifs is 3. The first-order valence-electron chi connectivity index (χ1n) is 7.03. The molecule has 21 heavy (non-hydrogen) atoms. The molecule has 1 aromatic heterocycles. The van der Waals surface area contributed by atoms with Crippen molar-refractivity contribution in [3.05, 3.63) is 24.3 Å². The highest BCUT2D eigenvalue weighted by atomic mass is 32.2. The van der Waals surface area contributed by atoms with E-state index in [2.05, 4.69) is 27.4 Å². The minimum Gasteiger partial charge on any atom is -0.450 e. The summed E-state index contributed by atoms with van der Waals surface area (Å²) in [5, 5.41) is 12.6. The van der Waals surface area contributed by atoms with E-state index in [9.17, 15) is 0 Å². The first kappa shape index (κ1) is 14.1. The molecule has 1 N–H and O–H groups in total. The van der Waals surface area contributed by atoms with Crippen molar-refractivity contribution in [3.63, 3.8) is 0 Å². The number of hydrogen-bond donors (Lipinski definition) is 1. The molecular formula is C15H18N4OS. The molecule has 6 heteroatoms. The summed E-state index contributed by atoms with van der Waals surface area (Å²) in [6, 6.07) is 7.97. The predicted octanol–water partition coefficient (Wildman–Crippen LogP) is 3.58. The molecule has 0 spiro atoms. The highest BCUT2D eigenvalue weighted by molar-refractivity contribution is 7.99. The number of rotatable bonds is 3. The Morgan fingerprint density at radius 1 is 1.24 bits per heavy atom. The van der Waals surface area contributed by atoms with Crippen LogP contribution in [0.2, 0.25) is 0 Å². The van der Waals surface area contributed by atoms with Gasteiger partial charge < -0.3 is 10.1 Å². The van der Waals surface area contributed by atoms with Crippen LogP contribution in [0.3, 0.4) is 0 Å². The summed E-state index contributed by atoms with van der Waals surface area (Å²) in [4.78, 5) is 4.53. The molecule has 0 aliphatic carbocycles. The van der Waals surface area contributed by atoms with Gasteiger partial charge in [-0.1, -0.05) is 36.9 Å². The zero-order valence-electron chi connectivity index (χ0n) is 12.4. The Morgan fingerprint density at radius 3 is 2.86 bits per heavy atom. The third kappa shape index (κ3) is 2.95. The number of nitrogens with zero attached hydrogens (tertiary/aromatic N) is 3. The number of benzene rings is 1. The van der Waals surface area contributed by atoms with Gasteiger partial charge in [0, 0.05) is 17.0 Å². The third-order valence-corrected chi connectivity index (χ3v) is 4.08. The Morgan fingerprint density at radius 2 is 2.05 bits per heavy atom. The lowest BCUT2D eigenvalue weighted by Crippen LogP contribution is -2.37. The van der Waals surface area contributed by atoms with Crippen LogP contribution in [0.1, 0.15) is 27.2 Å². The number of thioether (sulfide) groups is 1. The lowest BCUT2D eigenvalue weighted by Gasteiger charge is -2.26. The number of aromatic nitrogens is 3. The van der Waals surface area contributed by atoms with Crippen molar-refractivity contribution < 1.29 is 4.74 Å². The number of anilines is 1. The van der Waals surface area contributed by atoms with Crippen LogP contribution in [0.5, 0.6) is 5.88 Å². The van der Waals surface area contributed by atoms with Gasteiger partial charge in [0.05, 0.1) is 0 Å². The highest BCUT2D eigenvalue weighted by Gasteiger charge is 2.29. The summed E-state index contributed by atoms with van der Waals surface area (Å²) in [6.45, 7) is 6.07. The van der Waals surface area contributed by atoms with Crippen molar-refractivity contribution in [2.75, 3.05) is 11.1 Å². The molecule has 110 valence electrons. The number of hydrogen-bond acceptors (Lipinski definition) is 6. The van der Waals surface area contributed by atoms with Crippen molar-refractivity contribution in [1.29, 1.82) is 0 Å². The molecule has 0 atom stereocenters. The molecule has 0 bridgehead atoms. The van der Waals surface area contributed by atoms with Crippen molar-refractivity contribution in [1.82, 2.24) is 15.2 Å². The van der Waals surface area contributed by atoms with E-state index >= 15 is 0 Å². The fourth-order valence-electron chi connectivity index (χ4n) is 2.18. The monoisotopic (exact) mass is 302 g/mol. The minimum atomic E-state index is -0.552. The first-order valence-corrected chi connectivity index (χ1v) is 8.02. The summed E-state index contributed by atoms with van der Waals surface area (Å²) in [5.41, 5.74) is 2.07. The predicted molar refractivity (Wildman–Crippen MR) is 84.6 cm³/mol. The maximum atomic E-state index is 6.01. The molecule has 1 aliphatic heterocycles. The molecule has 0 fully saturated rings. The molecular weight excluding hydrogens is 284 g/mol. The van der Waals surface area contributed by atoms with E-state index in [0.717, 1.165) is 23.4 Å². The smallest absolute Gasteiger partial charge is 0.247 e. The van der Waals surface area contributed by atoms with Crippen LogP contribution in [0.15, 0.2) is 29.4 Å². The molecule has 0 saturated heterocycles. The maximum absolute atomic E-state index is 6.01. The molecule has 5 nitrogen and oxygen atoms in total. The van der Waals surface area contributed by atoms with Gasteiger partial charge in [-0.25, -0.2) is 0 Å². The van der Waals surface area contributed by atoms with Gasteiger partial charge >= 0.3 is 0 Å². The first-order chi connectivity index (χ1) is 10.1. The van der Waals surface area contributed by atoms with Gasteiger partial charge in [0.15, 0.2) is 11.4 Å². The summed E-state index contributed by atoms with van der Waals surface area (Å²) < 4.78 is 6.01. The zero-order valence-corrected chi connectivity index (χ0v) is 13.2. The van der Waals surface area contributed by atoms with E-state index in [1.807, 2.05) is 38.1 Å².